The maximum atomic E-state index is 5.64. The lowest BCUT2D eigenvalue weighted by Gasteiger charge is -2.17. The van der Waals surface area contributed by atoms with Crippen LogP contribution in [0.1, 0.15) is 54.4 Å². The van der Waals surface area contributed by atoms with E-state index in [4.69, 9.17) is 9.47 Å². The highest BCUT2D eigenvalue weighted by atomic mass is 16.5. The third-order valence-electron chi connectivity index (χ3n) is 2.55. The van der Waals surface area contributed by atoms with Crippen LogP contribution in [0.4, 0.5) is 5.95 Å². The van der Waals surface area contributed by atoms with Gasteiger partial charge in [0.1, 0.15) is 0 Å². The molecule has 1 rings (SSSR count). The Hall–Kier alpha value is -1.59. The number of ether oxygens (including phenoxy) is 2. The summed E-state index contributed by atoms with van der Waals surface area (Å²) in [6.45, 7) is 13.8. The van der Waals surface area contributed by atoms with Crippen LogP contribution in [0.2, 0.25) is 0 Å². The van der Waals surface area contributed by atoms with Crippen LogP contribution in [0.3, 0.4) is 0 Å². The second-order valence-electron chi connectivity index (χ2n) is 6.48. The van der Waals surface area contributed by atoms with Gasteiger partial charge in [0.15, 0.2) is 0 Å². The van der Waals surface area contributed by atoms with E-state index in [0.29, 0.717) is 24.6 Å². The van der Waals surface area contributed by atoms with Crippen molar-refractivity contribution in [2.45, 2.75) is 60.5 Å². The highest BCUT2D eigenvalue weighted by Crippen LogP contribution is 2.19. The smallest absolute Gasteiger partial charge is 0.324 e. The first-order chi connectivity index (χ1) is 9.80. The summed E-state index contributed by atoms with van der Waals surface area (Å²) in [4.78, 5) is 12.7. The lowest BCUT2D eigenvalue weighted by Crippen LogP contribution is -2.15. The molecule has 0 aliphatic rings. The highest BCUT2D eigenvalue weighted by molar-refractivity contribution is 5.27. The Morgan fingerprint density at radius 2 is 1.76 bits per heavy atom. The molecule has 1 aromatic heterocycles. The Morgan fingerprint density at radius 1 is 1.10 bits per heavy atom. The largest absolute Gasteiger partial charge is 0.463 e. The van der Waals surface area contributed by atoms with E-state index in [2.05, 4.69) is 48.0 Å². The summed E-state index contributed by atoms with van der Waals surface area (Å²) in [7, 11) is 0. The molecule has 6 heteroatoms. The van der Waals surface area contributed by atoms with Gasteiger partial charge in [0, 0.05) is 6.54 Å². The second kappa shape index (κ2) is 8.00. The highest BCUT2D eigenvalue weighted by Gasteiger charge is 2.13. The number of aromatic nitrogens is 3. The van der Waals surface area contributed by atoms with Crippen LogP contribution in [-0.2, 0) is 0 Å². The van der Waals surface area contributed by atoms with E-state index < -0.39 is 0 Å². The van der Waals surface area contributed by atoms with Crippen molar-refractivity contribution in [3.8, 4) is 12.0 Å². The van der Waals surface area contributed by atoms with E-state index in [1.165, 1.54) is 0 Å². The van der Waals surface area contributed by atoms with E-state index in [1.54, 1.807) is 0 Å². The molecular weight excluding hydrogens is 268 g/mol. The second-order valence-corrected chi connectivity index (χ2v) is 6.48. The van der Waals surface area contributed by atoms with Gasteiger partial charge in [0.25, 0.3) is 0 Å². The molecule has 21 heavy (non-hydrogen) atoms. The quantitative estimate of drug-likeness (QED) is 0.794. The molecule has 6 nitrogen and oxygen atoms in total. The van der Waals surface area contributed by atoms with Crippen LogP contribution >= 0.6 is 0 Å². The van der Waals surface area contributed by atoms with Crippen molar-refractivity contribution in [1.29, 1.82) is 0 Å². The molecular formula is C15H28N4O2. The predicted molar refractivity (Wildman–Crippen MR) is 83.9 cm³/mol. The van der Waals surface area contributed by atoms with E-state index in [0.717, 1.165) is 19.4 Å². The fraction of sp³-hybridized carbons (Fsp3) is 0.800. The molecule has 0 aliphatic heterocycles. The zero-order valence-corrected chi connectivity index (χ0v) is 14.1. The molecule has 0 saturated carbocycles. The Labute approximate surface area is 127 Å². The normalized spacial score (nSPS) is 11.6. The van der Waals surface area contributed by atoms with Gasteiger partial charge in [-0.05, 0) is 32.1 Å². The van der Waals surface area contributed by atoms with Crippen molar-refractivity contribution in [2.75, 3.05) is 18.5 Å². The number of nitrogens with one attached hydrogen (secondary N) is 1. The summed E-state index contributed by atoms with van der Waals surface area (Å²) in [5, 5.41) is 3.13. The number of hydrogen-bond donors (Lipinski definition) is 1. The Morgan fingerprint density at radius 3 is 2.33 bits per heavy atom. The first-order valence-electron chi connectivity index (χ1n) is 7.59. The van der Waals surface area contributed by atoms with Gasteiger partial charge in [0.05, 0.1) is 12.7 Å². The van der Waals surface area contributed by atoms with Crippen molar-refractivity contribution < 1.29 is 9.47 Å². The number of anilines is 1. The minimum atomic E-state index is 0.00819. The van der Waals surface area contributed by atoms with Crippen molar-refractivity contribution in [3.63, 3.8) is 0 Å². The molecule has 1 aromatic rings. The number of rotatable bonds is 8. The number of hydrogen-bond acceptors (Lipinski definition) is 6. The lowest BCUT2D eigenvalue weighted by atomic mass is 9.93. The summed E-state index contributed by atoms with van der Waals surface area (Å²) < 4.78 is 11.2. The van der Waals surface area contributed by atoms with Gasteiger partial charge in [-0.3, -0.25) is 0 Å². The Kier molecular flexibility index (Phi) is 6.65. The molecule has 0 saturated heterocycles. The van der Waals surface area contributed by atoms with Gasteiger partial charge in [0.2, 0.25) is 5.95 Å². The van der Waals surface area contributed by atoms with Gasteiger partial charge in [-0.15, -0.1) is 4.98 Å². The molecule has 1 heterocycles. The monoisotopic (exact) mass is 296 g/mol. The molecule has 0 aromatic carbocycles. The third kappa shape index (κ3) is 7.68. The number of nitrogens with zero attached hydrogens (tertiary/aromatic N) is 3. The average molecular weight is 296 g/mol. The topological polar surface area (TPSA) is 69.2 Å². The summed E-state index contributed by atoms with van der Waals surface area (Å²) in [5.41, 5.74) is 0.216. The van der Waals surface area contributed by atoms with E-state index in [9.17, 15) is 0 Å². The van der Waals surface area contributed by atoms with E-state index >= 15 is 0 Å². The summed E-state index contributed by atoms with van der Waals surface area (Å²) >= 11 is 0. The van der Waals surface area contributed by atoms with Crippen LogP contribution in [0.5, 0.6) is 12.0 Å². The van der Waals surface area contributed by atoms with Crippen LogP contribution in [0, 0.1) is 5.41 Å². The third-order valence-corrected chi connectivity index (χ3v) is 2.55. The molecule has 0 atom stereocenters. The zero-order chi connectivity index (χ0) is 15.9. The summed E-state index contributed by atoms with van der Waals surface area (Å²) in [6, 6.07) is 0.605. The van der Waals surface area contributed by atoms with Gasteiger partial charge in [-0.25, -0.2) is 0 Å². The predicted octanol–water partition coefficient (Wildman–Crippen LogP) is 3.30. The molecule has 0 radical (unpaired) electrons. The fourth-order valence-electron chi connectivity index (χ4n) is 1.43. The summed E-state index contributed by atoms with van der Waals surface area (Å²) in [5.74, 6) is 0.494. The van der Waals surface area contributed by atoms with Crippen molar-refractivity contribution in [3.05, 3.63) is 0 Å². The summed E-state index contributed by atoms with van der Waals surface area (Å²) in [6.07, 6.45) is 1.93. The van der Waals surface area contributed by atoms with Crippen LogP contribution in [0.15, 0.2) is 0 Å². The van der Waals surface area contributed by atoms with Crippen molar-refractivity contribution in [2.24, 2.45) is 5.41 Å². The molecule has 0 amide bonds. The molecule has 120 valence electrons. The van der Waals surface area contributed by atoms with Crippen LogP contribution in [-0.4, -0.2) is 34.2 Å². The van der Waals surface area contributed by atoms with E-state index in [1.807, 2.05) is 13.8 Å². The van der Waals surface area contributed by atoms with Gasteiger partial charge < -0.3 is 14.8 Å². The maximum absolute atomic E-state index is 5.64. The van der Waals surface area contributed by atoms with Gasteiger partial charge in [-0.1, -0.05) is 27.7 Å². The maximum Gasteiger partial charge on any atom is 0.324 e. The standard InChI is InChI=1S/C15H28N4O2/c1-7-9-16-12-17-13(20-10-8-15(4,5)6)19-14(18-12)21-11(2)3/h11H,7-10H2,1-6H3,(H,16,17,18,19). The SMILES string of the molecule is CCCNc1nc(OCCC(C)(C)C)nc(OC(C)C)n1. The first kappa shape index (κ1) is 17.5. The van der Waals surface area contributed by atoms with Gasteiger partial charge in [-0.2, -0.15) is 9.97 Å². The molecule has 0 aliphatic carbocycles. The minimum Gasteiger partial charge on any atom is -0.463 e. The zero-order valence-electron chi connectivity index (χ0n) is 14.1. The van der Waals surface area contributed by atoms with Crippen molar-refractivity contribution >= 4 is 5.95 Å². The Bertz CT molecular complexity index is 430. The molecule has 0 bridgehead atoms. The van der Waals surface area contributed by atoms with Gasteiger partial charge >= 0.3 is 12.0 Å². The molecule has 0 spiro atoms. The van der Waals surface area contributed by atoms with Crippen LogP contribution < -0.4 is 14.8 Å². The average Bonchev–Trinajstić information content (AvgIpc) is 2.33. The lowest BCUT2D eigenvalue weighted by molar-refractivity contribution is 0.203. The molecule has 1 N–H and O–H groups in total. The first-order valence-corrected chi connectivity index (χ1v) is 7.59. The Balaban J connectivity index is 2.75. The fourth-order valence-corrected chi connectivity index (χ4v) is 1.43. The minimum absolute atomic E-state index is 0.00819. The van der Waals surface area contributed by atoms with E-state index in [-0.39, 0.29) is 11.5 Å². The molecule has 0 fully saturated rings. The van der Waals surface area contributed by atoms with Crippen LogP contribution in [0.25, 0.3) is 0 Å². The van der Waals surface area contributed by atoms with Crippen molar-refractivity contribution in [1.82, 2.24) is 15.0 Å². The molecule has 0 unspecified atom stereocenters.